The number of piperidine rings is 1. The lowest BCUT2D eigenvalue weighted by Crippen LogP contribution is -2.56. The molecule has 0 unspecified atom stereocenters. The van der Waals surface area contributed by atoms with Gasteiger partial charge in [0.2, 0.25) is 0 Å². The minimum absolute atomic E-state index is 0.0985. The van der Waals surface area contributed by atoms with E-state index in [0.717, 1.165) is 50.3 Å². The first-order valence-corrected chi connectivity index (χ1v) is 12.0. The number of aryl methyl sites for hydroxylation is 1. The van der Waals surface area contributed by atoms with E-state index in [0.29, 0.717) is 5.69 Å². The van der Waals surface area contributed by atoms with Gasteiger partial charge in [0.05, 0.1) is 5.54 Å². The summed E-state index contributed by atoms with van der Waals surface area (Å²) >= 11 is 0. The molecule has 5 rings (SSSR count). The molecule has 174 valence electrons. The highest BCUT2D eigenvalue weighted by Crippen LogP contribution is 2.44. The summed E-state index contributed by atoms with van der Waals surface area (Å²) in [5, 5.41) is 3.62. The average molecular weight is 456 g/mol. The predicted octanol–water partition coefficient (Wildman–Crippen LogP) is 5.77. The van der Waals surface area contributed by atoms with E-state index in [1.807, 2.05) is 29.2 Å². The largest absolute Gasteiger partial charge is 0.357 e. The number of hydrogen-bond acceptors (Lipinski definition) is 3. The molecule has 0 aromatic heterocycles. The second-order valence-corrected chi connectivity index (χ2v) is 9.14. The molecular weight excluding hydrogens is 425 g/mol. The van der Waals surface area contributed by atoms with Gasteiger partial charge in [-0.25, -0.2) is 4.39 Å². The molecule has 1 N–H and O–H groups in total. The molecular formula is C29H30FN3O. The van der Waals surface area contributed by atoms with Gasteiger partial charge in [0, 0.05) is 42.8 Å². The number of carbonyl (C=O) groups is 1. The number of nitrogens with one attached hydrogen (secondary N) is 1. The minimum atomic E-state index is -0.529. The SMILES string of the molecule is CCc1ccccc1NC1=CC(=O)N(c2cccc(F)c2)C12CCN(Cc1ccccc1)CC2. The highest BCUT2D eigenvalue weighted by Gasteiger charge is 2.50. The smallest absolute Gasteiger partial charge is 0.253 e. The van der Waals surface area contributed by atoms with Crippen molar-refractivity contribution >= 4 is 17.3 Å². The van der Waals surface area contributed by atoms with E-state index >= 15 is 0 Å². The van der Waals surface area contributed by atoms with Crippen LogP contribution in [-0.2, 0) is 17.8 Å². The maximum Gasteiger partial charge on any atom is 0.253 e. The van der Waals surface area contributed by atoms with Crippen LogP contribution in [0.5, 0.6) is 0 Å². The first-order chi connectivity index (χ1) is 16.6. The van der Waals surface area contributed by atoms with Gasteiger partial charge in [0.25, 0.3) is 5.91 Å². The number of nitrogens with zero attached hydrogens (tertiary/aromatic N) is 2. The van der Waals surface area contributed by atoms with Crippen LogP contribution in [0.2, 0.25) is 0 Å². The van der Waals surface area contributed by atoms with E-state index < -0.39 is 5.54 Å². The summed E-state index contributed by atoms with van der Waals surface area (Å²) in [6.45, 7) is 4.71. The predicted molar refractivity (Wildman–Crippen MR) is 135 cm³/mol. The van der Waals surface area contributed by atoms with Crippen molar-refractivity contribution in [1.82, 2.24) is 4.90 Å². The van der Waals surface area contributed by atoms with Crippen molar-refractivity contribution in [1.29, 1.82) is 0 Å². The fourth-order valence-electron chi connectivity index (χ4n) is 5.31. The van der Waals surface area contributed by atoms with Crippen molar-refractivity contribution < 1.29 is 9.18 Å². The van der Waals surface area contributed by atoms with E-state index in [1.165, 1.54) is 23.3 Å². The molecule has 1 saturated heterocycles. The van der Waals surface area contributed by atoms with Crippen LogP contribution in [0.4, 0.5) is 15.8 Å². The zero-order valence-corrected chi connectivity index (χ0v) is 19.5. The second-order valence-electron chi connectivity index (χ2n) is 9.14. The van der Waals surface area contributed by atoms with E-state index in [1.54, 1.807) is 12.1 Å². The summed E-state index contributed by atoms with van der Waals surface area (Å²) in [5.74, 6) is -0.432. The second kappa shape index (κ2) is 9.43. The molecule has 1 fully saturated rings. The summed E-state index contributed by atoms with van der Waals surface area (Å²) in [7, 11) is 0. The van der Waals surface area contributed by atoms with Crippen molar-refractivity contribution in [2.45, 2.75) is 38.3 Å². The number of anilines is 2. The zero-order valence-electron chi connectivity index (χ0n) is 19.5. The number of amides is 1. The third-order valence-corrected chi connectivity index (χ3v) is 7.08. The minimum Gasteiger partial charge on any atom is -0.357 e. The van der Waals surface area contributed by atoms with E-state index in [2.05, 4.69) is 53.5 Å². The zero-order chi connectivity index (χ0) is 23.5. The molecule has 2 aliphatic rings. The van der Waals surface area contributed by atoms with Crippen LogP contribution in [0, 0.1) is 5.82 Å². The first-order valence-electron chi connectivity index (χ1n) is 12.0. The van der Waals surface area contributed by atoms with Crippen LogP contribution >= 0.6 is 0 Å². The molecule has 4 nitrogen and oxygen atoms in total. The van der Waals surface area contributed by atoms with Crippen molar-refractivity contribution in [3.8, 4) is 0 Å². The quantitative estimate of drug-likeness (QED) is 0.513. The van der Waals surface area contributed by atoms with E-state index in [-0.39, 0.29) is 11.7 Å². The number of rotatable bonds is 6. The molecule has 0 atom stereocenters. The van der Waals surface area contributed by atoms with Crippen molar-refractivity contribution in [2.75, 3.05) is 23.3 Å². The van der Waals surface area contributed by atoms with Gasteiger partial charge in [-0.15, -0.1) is 0 Å². The molecule has 3 aromatic rings. The van der Waals surface area contributed by atoms with Gasteiger partial charge in [0.1, 0.15) is 5.82 Å². The Labute approximate surface area is 200 Å². The van der Waals surface area contributed by atoms with Crippen molar-refractivity contribution in [2.24, 2.45) is 0 Å². The summed E-state index contributed by atoms with van der Waals surface area (Å²) < 4.78 is 14.2. The maximum atomic E-state index is 14.2. The normalized spacial score (nSPS) is 17.8. The number of benzene rings is 3. The Balaban J connectivity index is 1.46. The molecule has 2 heterocycles. The lowest BCUT2D eigenvalue weighted by Gasteiger charge is -2.46. The monoisotopic (exact) mass is 455 g/mol. The fraction of sp³-hybridized carbons (Fsp3) is 0.276. The molecule has 1 amide bonds. The Kier molecular flexibility index (Phi) is 6.20. The Bertz CT molecular complexity index is 1200. The standard InChI is InChI=1S/C29H30FN3O/c1-2-23-11-6-7-14-26(23)31-27-20-28(34)33(25-13-8-12-24(30)19-25)29(27)15-17-32(18-16-29)21-22-9-4-3-5-10-22/h3-14,19-20,31H,2,15-18,21H2,1H3. The Morgan fingerprint density at radius 2 is 1.68 bits per heavy atom. The lowest BCUT2D eigenvalue weighted by molar-refractivity contribution is -0.114. The number of para-hydroxylation sites is 1. The van der Waals surface area contributed by atoms with Crippen LogP contribution in [0.1, 0.15) is 30.9 Å². The van der Waals surface area contributed by atoms with Gasteiger partial charge >= 0.3 is 0 Å². The van der Waals surface area contributed by atoms with Crippen LogP contribution in [0.25, 0.3) is 0 Å². The third-order valence-electron chi connectivity index (χ3n) is 7.08. The van der Waals surface area contributed by atoms with E-state index in [9.17, 15) is 9.18 Å². The highest BCUT2D eigenvalue weighted by molar-refractivity contribution is 6.07. The fourth-order valence-corrected chi connectivity index (χ4v) is 5.31. The lowest BCUT2D eigenvalue weighted by atomic mass is 9.83. The van der Waals surface area contributed by atoms with Crippen molar-refractivity contribution in [3.63, 3.8) is 0 Å². The molecule has 0 aliphatic carbocycles. The molecule has 0 bridgehead atoms. The number of hydrogen-bond donors (Lipinski definition) is 1. The van der Waals surface area contributed by atoms with Crippen LogP contribution in [-0.4, -0.2) is 29.4 Å². The molecule has 5 heteroatoms. The number of likely N-dealkylation sites (tertiary alicyclic amines) is 1. The van der Waals surface area contributed by atoms with Gasteiger partial charge in [-0.3, -0.25) is 14.6 Å². The van der Waals surface area contributed by atoms with Crippen LogP contribution in [0.15, 0.2) is 90.6 Å². The van der Waals surface area contributed by atoms with Gasteiger partial charge in [-0.2, -0.15) is 0 Å². The summed E-state index contributed by atoms with van der Waals surface area (Å²) in [5.41, 5.74) is 4.50. The van der Waals surface area contributed by atoms with Crippen LogP contribution < -0.4 is 10.2 Å². The first kappa shape index (κ1) is 22.4. The third kappa shape index (κ3) is 4.24. The van der Waals surface area contributed by atoms with Gasteiger partial charge < -0.3 is 5.32 Å². The number of carbonyl (C=O) groups excluding carboxylic acids is 1. The molecule has 34 heavy (non-hydrogen) atoms. The van der Waals surface area contributed by atoms with Crippen LogP contribution in [0.3, 0.4) is 0 Å². The molecule has 3 aromatic carbocycles. The van der Waals surface area contributed by atoms with Gasteiger partial charge in [-0.1, -0.05) is 61.5 Å². The van der Waals surface area contributed by atoms with E-state index in [4.69, 9.17) is 0 Å². The molecule has 2 aliphatic heterocycles. The summed E-state index contributed by atoms with van der Waals surface area (Å²) in [6.07, 6.45) is 4.16. The van der Waals surface area contributed by atoms with Gasteiger partial charge in [-0.05, 0) is 54.7 Å². The average Bonchev–Trinajstić information content (AvgIpc) is 3.11. The molecule has 0 radical (unpaired) electrons. The topological polar surface area (TPSA) is 35.6 Å². The summed E-state index contributed by atoms with van der Waals surface area (Å²) in [6, 6.07) is 25.1. The maximum absolute atomic E-state index is 14.2. The Hall–Kier alpha value is -3.44. The summed E-state index contributed by atoms with van der Waals surface area (Å²) in [4.78, 5) is 17.6. The van der Waals surface area contributed by atoms with Gasteiger partial charge in [0.15, 0.2) is 0 Å². The Morgan fingerprint density at radius 1 is 0.941 bits per heavy atom. The van der Waals surface area contributed by atoms with Crippen molar-refractivity contribution in [3.05, 3.63) is 108 Å². The molecule has 1 spiro atoms. The number of halogens is 1. The Morgan fingerprint density at radius 3 is 2.41 bits per heavy atom. The molecule has 0 saturated carbocycles. The highest BCUT2D eigenvalue weighted by atomic mass is 19.1.